The molecule has 0 spiro atoms. The average Bonchev–Trinajstić information content (AvgIpc) is 2.93. The zero-order valence-electron chi connectivity index (χ0n) is 15.4. The summed E-state index contributed by atoms with van der Waals surface area (Å²) >= 11 is 3.33. The highest BCUT2D eigenvalue weighted by atomic mass is 79.9. The number of fused-ring (bicyclic) bond motifs is 1. The van der Waals surface area contributed by atoms with Crippen LogP contribution in [0.2, 0.25) is 0 Å². The molecule has 1 heterocycles. The number of hydrogen-bond donors (Lipinski definition) is 0. The van der Waals surface area contributed by atoms with Crippen molar-refractivity contribution in [3.63, 3.8) is 0 Å². The maximum absolute atomic E-state index is 12.8. The molecule has 4 rings (SSSR count). The summed E-state index contributed by atoms with van der Waals surface area (Å²) in [6.45, 7) is 2.13. The summed E-state index contributed by atoms with van der Waals surface area (Å²) in [4.78, 5) is 39.2. The Bertz CT molecular complexity index is 940. The van der Waals surface area contributed by atoms with E-state index in [9.17, 15) is 14.4 Å². The van der Waals surface area contributed by atoms with E-state index in [1.807, 2.05) is 6.07 Å². The summed E-state index contributed by atoms with van der Waals surface area (Å²) in [5.41, 5.74) is 0.951. The Balaban J connectivity index is 1.51. The Morgan fingerprint density at radius 3 is 2.39 bits per heavy atom. The van der Waals surface area contributed by atoms with Crippen molar-refractivity contribution >= 4 is 39.4 Å². The van der Waals surface area contributed by atoms with Crippen LogP contribution in [0.15, 0.2) is 53.0 Å². The maximum Gasteiger partial charge on any atom is 0.344 e. The molecule has 1 saturated heterocycles. The third-order valence-electron chi connectivity index (χ3n) is 5.59. The Morgan fingerprint density at radius 2 is 1.68 bits per heavy atom. The number of ether oxygens (including phenoxy) is 1. The zero-order valence-corrected chi connectivity index (χ0v) is 17.0. The number of imide groups is 1. The van der Waals surface area contributed by atoms with Crippen LogP contribution in [0, 0.1) is 17.8 Å². The van der Waals surface area contributed by atoms with Crippen molar-refractivity contribution in [2.24, 2.45) is 17.8 Å². The molecule has 2 aromatic rings. The molecule has 0 N–H and O–H groups in total. The summed E-state index contributed by atoms with van der Waals surface area (Å²) in [7, 11) is 0. The van der Waals surface area contributed by atoms with Crippen LogP contribution in [-0.2, 0) is 9.59 Å². The number of rotatable bonds is 3. The number of benzene rings is 2. The molecule has 5 nitrogen and oxygen atoms in total. The van der Waals surface area contributed by atoms with Gasteiger partial charge in [0, 0.05) is 4.47 Å². The first-order chi connectivity index (χ1) is 13.5. The van der Waals surface area contributed by atoms with Gasteiger partial charge in [-0.05, 0) is 77.5 Å². The number of amides is 2. The van der Waals surface area contributed by atoms with E-state index in [4.69, 9.17) is 4.74 Å². The molecule has 6 heteroatoms. The minimum absolute atomic E-state index is 0.111. The van der Waals surface area contributed by atoms with Gasteiger partial charge in [-0.15, -0.1) is 0 Å². The van der Waals surface area contributed by atoms with Gasteiger partial charge in [0.05, 0.1) is 23.1 Å². The molecule has 28 heavy (non-hydrogen) atoms. The van der Waals surface area contributed by atoms with Gasteiger partial charge in [0.25, 0.3) is 0 Å². The number of halogens is 1. The van der Waals surface area contributed by atoms with Crippen molar-refractivity contribution in [3.8, 4) is 5.75 Å². The molecule has 1 aliphatic heterocycles. The molecule has 0 aromatic heterocycles. The monoisotopic (exact) mass is 441 g/mol. The molecule has 2 amide bonds. The van der Waals surface area contributed by atoms with E-state index < -0.39 is 5.97 Å². The van der Waals surface area contributed by atoms with E-state index in [0.29, 0.717) is 27.4 Å². The molecule has 144 valence electrons. The quantitative estimate of drug-likeness (QED) is 0.396. The summed E-state index contributed by atoms with van der Waals surface area (Å²) < 4.78 is 6.06. The molecule has 2 fully saturated rings. The van der Waals surface area contributed by atoms with Crippen molar-refractivity contribution in [2.75, 3.05) is 4.90 Å². The molecule has 2 aromatic carbocycles. The van der Waals surface area contributed by atoms with Gasteiger partial charge >= 0.3 is 5.97 Å². The van der Waals surface area contributed by atoms with Crippen molar-refractivity contribution in [1.82, 2.24) is 0 Å². The first kappa shape index (κ1) is 18.9. The van der Waals surface area contributed by atoms with E-state index in [2.05, 4.69) is 22.9 Å². The molecule has 3 atom stereocenters. The standard InChI is InChI=1S/C22H20BrNO4/c1-13-6-11-16-18(12-13)21(26)24(20(16)25)14-7-9-15(10-8-14)28-22(27)17-4-2-3-5-19(17)23/h2-5,7-10,13,16,18H,6,11-12H2,1H3/t13-,16-,18+/m1/s1. The van der Waals surface area contributed by atoms with Crippen LogP contribution in [0.25, 0.3) is 0 Å². The predicted octanol–water partition coefficient (Wildman–Crippen LogP) is 4.59. The molecule has 1 aliphatic carbocycles. The first-order valence-corrected chi connectivity index (χ1v) is 10.2. The second-order valence-electron chi connectivity index (χ2n) is 7.51. The highest BCUT2D eigenvalue weighted by Crippen LogP contribution is 2.42. The summed E-state index contributed by atoms with van der Waals surface area (Å²) in [6, 6.07) is 13.5. The fourth-order valence-corrected chi connectivity index (χ4v) is 4.54. The highest BCUT2D eigenvalue weighted by molar-refractivity contribution is 9.10. The molecule has 0 unspecified atom stereocenters. The van der Waals surface area contributed by atoms with Gasteiger partial charge in [-0.25, -0.2) is 4.79 Å². The second kappa shape index (κ2) is 7.51. The summed E-state index contributed by atoms with van der Waals surface area (Å²) in [5, 5.41) is 0. The molecular weight excluding hydrogens is 422 g/mol. The van der Waals surface area contributed by atoms with E-state index >= 15 is 0 Å². The Labute approximate surface area is 171 Å². The van der Waals surface area contributed by atoms with E-state index in [1.165, 1.54) is 4.90 Å². The number of esters is 1. The molecule has 2 aliphatic rings. The van der Waals surface area contributed by atoms with E-state index in [1.54, 1.807) is 42.5 Å². The van der Waals surface area contributed by atoms with Crippen molar-refractivity contribution < 1.29 is 19.1 Å². The second-order valence-corrected chi connectivity index (χ2v) is 8.36. The molecule has 1 saturated carbocycles. The Morgan fingerprint density at radius 1 is 1.00 bits per heavy atom. The minimum atomic E-state index is -0.478. The maximum atomic E-state index is 12.8. The lowest BCUT2D eigenvalue weighted by Gasteiger charge is -2.25. The lowest BCUT2D eigenvalue weighted by Crippen LogP contribution is -2.30. The zero-order chi connectivity index (χ0) is 19.8. The van der Waals surface area contributed by atoms with Crippen LogP contribution in [0.5, 0.6) is 5.75 Å². The van der Waals surface area contributed by atoms with Crippen LogP contribution in [0.1, 0.15) is 36.5 Å². The van der Waals surface area contributed by atoms with Gasteiger partial charge in [0.15, 0.2) is 0 Å². The molecular formula is C22H20BrNO4. The fourth-order valence-electron chi connectivity index (χ4n) is 4.10. The average molecular weight is 442 g/mol. The third-order valence-corrected chi connectivity index (χ3v) is 6.28. The van der Waals surface area contributed by atoms with E-state index in [-0.39, 0.29) is 23.7 Å². The lowest BCUT2D eigenvalue weighted by atomic mass is 9.76. The molecule has 0 bridgehead atoms. The van der Waals surface area contributed by atoms with Gasteiger partial charge in [0.2, 0.25) is 11.8 Å². The number of carbonyl (C=O) groups is 3. The predicted molar refractivity (Wildman–Crippen MR) is 108 cm³/mol. The number of nitrogens with zero attached hydrogens (tertiary/aromatic N) is 1. The van der Waals surface area contributed by atoms with Crippen LogP contribution >= 0.6 is 15.9 Å². The lowest BCUT2D eigenvalue weighted by molar-refractivity contribution is -0.122. The van der Waals surface area contributed by atoms with Crippen molar-refractivity contribution in [3.05, 3.63) is 58.6 Å². The first-order valence-electron chi connectivity index (χ1n) is 9.40. The SMILES string of the molecule is C[C@@H]1CC[C@H]2C(=O)N(c3ccc(OC(=O)c4ccccc4Br)cc3)C(=O)[C@H]2C1. The van der Waals surface area contributed by atoms with Gasteiger partial charge in [-0.1, -0.05) is 19.1 Å². The number of carbonyl (C=O) groups excluding carboxylic acids is 3. The fraction of sp³-hybridized carbons (Fsp3) is 0.318. The van der Waals surface area contributed by atoms with Crippen LogP contribution in [0.4, 0.5) is 5.69 Å². The molecule has 0 radical (unpaired) electrons. The largest absolute Gasteiger partial charge is 0.423 e. The van der Waals surface area contributed by atoms with Gasteiger partial charge in [-0.2, -0.15) is 0 Å². The van der Waals surface area contributed by atoms with Gasteiger partial charge < -0.3 is 4.74 Å². The third kappa shape index (κ3) is 3.37. The van der Waals surface area contributed by atoms with Crippen molar-refractivity contribution in [1.29, 1.82) is 0 Å². The minimum Gasteiger partial charge on any atom is -0.423 e. The van der Waals surface area contributed by atoms with Crippen LogP contribution in [0.3, 0.4) is 0 Å². The topological polar surface area (TPSA) is 63.7 Å². The number of hydrogen-bond acceptors (Lipinski definition) is 4. The summed E-state index contributed by atoms with van der Waals surface area (Å²) in [6.07, 6.45) is 2.53. The van der Waals surface area contributed by atoms with Crippen LogP contribution < -0.4 is 9.64 Å². The Kier molecular flexibility index (Phi) is 5.06. The number of anilines is 1. The van der Waals surface area contributed by atoms with Gasteiger partial charge in [-0.3, -0.25) is 14.5 Å². The highest BCUT2D eigenvalue weighted by Gasteiger charge is 2.49. The van der Waals surface area contributed by atoms with Gasteiger partial charge in [0.1, 0.15) is 5.75 Å². The Hall–Kier alpha value is -2.47. The smallest absolute Gasteiger partial charge is 0.344 e. The normalized spacial score (nSPS) is 24.2. The van der Waals surface area contributed by atoms with E-state index in [0.717, 1.165) is 19.3 Å². The van der Waals surface area contributed by atoms with Crippen LogP contribution in [-0.4, -0.2) is 17.8 Å². The summed E-state index contributed by atoms with van der Waals surface area (Å²) in [5.74, 6) is -0.277. The van der Waals surface area contributed by atoms with Crippen molar-refractivity contribution in [2.45, 2.75) is 26.2 Å².